The fourth-order valence-corrected chi connectivity index (χ4v) is 2.44. The molecule has 1 saturated carbocycles. The molecule has 90 valence electrons. The number of aromatic amines is 1. The first-order chi connectivity index (χ1) is 8.29. The minimum atomic E-state index is 0.674. The molecule has 17 heavy (non-hydrogen) atoms. The van der Waals surface area contributed by atoms with Crippen LogP contribution >= 0.6 is 12.2 Å². The maximum atomic E-state index is 5.62. The molecule has 1 aliphatic carbocycles. The van der Waals surface area contributed by atoms with Crippen LogP contribution in [0.1, 0.15) is 19.8 Å². The van der Waals surface area contributed by atoms with E-state index in [4.69, 9.17) is 17.0 Å². The number of aromatic nitrogens is 2. The van der Waals surface area contributed by atoms with Gasteiger partial charge in [-0.2, -0.15) is 0 Å². The fourth-order valence-electron chi connectivity index (χ4n) is 2.17. The third-order valence-electron chi connectivity index (χ3n) is 3.21. The Kier molecular flexibility index (Phi) is 2.67. The second-order valence-corrected chi connectivity index (χ2v) is 4.95. The highest BCUT2D eigenvalue weighted by Crippen LogP contribution is 2.33. The van der Waals surface area contributed by atoms with Crippen molar-refractivity contribution in [3.63, 3.8) is 0 Å². The van der Waals surface area contributed by atoms with Crippen molar-refractivity contribution in [3.05, 3.63) is 23.0 Å². The SMILES string of the molecule is CCOc1cccc2c1[nH]c(=S)n2CC1CC1. The van der Waals surface area contributed by atoms with Gasteiger partial charge in [0.05, 0.1) is 12.1 Å². The molecule has 1 aromatic carbocycles. The molecule has 0 aliphatic heterocycles. The molecule has 1 aromatic heterocycles. The highest BCUT2D eigenvalue weighted by atomic mass is 32.1. The minimum absolute atomic E-state index is 0.674. The van der Waals surface area contributed by atoms with Gasteiger partial charge in [-0.1, -0.05) is 6.07 Å². The molecule has 0 unspecified atom stereocenters. The normalized spacial score (nSPS) is 15.4. The van der Waals surface area contributed by atoms with E-state index in [0.717, 1.165) is 34.0 Å². The summed E-state index contributed by atoms with van der Waals surface area (Å²) in [6.07, 6.45) is 2.67. The Labute approximate surface area is 105 Å². The summed E-state index contributed by atoms with van der Waals surface area (Å²) in [5, 5.41) is 0. The average Bonchev–Trinajstić information content (AvgIpc) is 3.07. The van der Waals surface area contributed by atoms with Gasteiger partial charge in [-0.05, 0) is 50.0 Å². The number of imidazole rings is 1. The van der Waals surface area contributed by atoms with E-state index in [2.05, 4.69) is 15.6 Å². The largest absolute Gasteiger partial charge is 0.492 e. The monoisotopic (exact) mass is 248 g/mol. The summed E-state index contributed by atoms with van der Waals surface area (Å²) in [6, 6.07) is 6.12. The Hall–Kier alpha value is -1.29. The zero-order valence-corrected chi connectivity index (χ0v) is 10.7. The van der Waals surface area contributed by atoms with Gasteiger partial charge in [-0.25, -0.2) is 0 Å². The van der Waals surface area contributed by atoms with Gasteiger partial charge in [-0.15, -0.1) is 0 Å². The van der Waals surface area contributed by atoms with Crippen LogP contribution in [0.2, 0.25) is 0 Å². The van der Waals surface area contributed by atoms with Gasteiger partial charge in [0.15, 0.2) is 4.77 Å². The standard InChI is InChI=1S/C13H16N2OS/c1-2-16-11-5-3-4-10-12(11)14-13(17)15(10)8-9-6-7-9/h3-5,9H,2,6-8H2,1H3,(H,14,17). The van der Waals surface area contributed by atoms with Crippen LogP contribution in [-0.2, 0) is 6.54 Å². The van der Waals surface area contributed by atoms with Crippen LogP contribution < -0.4 is 4.74 Å². The number of ether oxygens (including phenoxy) is 1. The molecule has 0 saturated heterocycles. The Morgan fingerprint density at radius 2 is 2.29 bits per heavy atom. The number of benzene rings is 1. The lowest BCUT2D eigenvalue weighted by Crippen LogP contribution is -1.99. The molecule has 3 nitrogen and oxygen atoms in total. The molecule has 3 rings (SSSR count). The number of rotatable bonds is 4. The lowest BCUT2D eigenvalue weighted by atomic mass is 10.3. The number of nitrogens with zero attached hydrogens (tertiary/aromatic N) is 1. The minimum Gasteiger partial charge on any atom is -0.492 e. The predicted octanol–water partition coefficient (Wildman–Crippen LogP) is 3.51. The van der Waals surface area contributed by atoms with Crippen molar-refractivity contribution < 1.29 is 4.74 Å². The van der Waals surface area contributed by atoms with Crippen molar-refractivity contribution >= 4 is 23.3 Å². The van der Waals surface area contributed by atoms with Crippen molar-refractivity contribution in [3.8, 4) is 5.75 Å². The van der Waals surface area contributed by atoms with E-state index < -0.39 is 0 Å². The number of fused-ring (bicyclic) bond motifs is 1. The van der Waals surface area contributed by atoms with Crippen LogP contribution in [-0.4, -0.2) is 16.2 Å². The van der Waals surface area contributed by atoms with Crippen molar-refractivity contribution in [1.29, 1.82) is 0 Å². The molecular formula is C13H16N2OS. The Morgan fingerprint density at radius 1 is 1.47 bits per heavy atom. The molecule has 0 spiro atoms. The van der Waals surface area contributed by atoms with Crippen LogP contribution in [0, 0.1) is 10.7 Å². The van der Waals surface area contributed by atoms with Crippen molar-refractivity contribution in [1.82, 2.24) is 9.55 Å². The maximum Gasteiger partial charge on any atom is 0.178 e. The summed E-state index contributed by atoms with van der Waals surface area (Å²) >= 11 is 5.39. The van der Waals surface area contributed by atoms with Crippen LogP contribution in [0.5, 0.6) is 5.75 Å². The first-order valence-corrected chi connectivity index (χ1v) is 6.54. The molecule has 1 N–H and O–H groups in total. The van der Waals surface area contributed by atoms with Gasteiger partial charge in [-0.3, -0.25) is 0 Å². The molecule has 1 fully saturated rings. The Bertz CT molecular complexity index is 595. The van der Waals surface area contributed by atoms with Crippen molar-refractivity contribution in [2.75, 3.05) is 6.61 Å². The predicted molar refractivity (Wildman–Crippen MR) is 71.0 cm³/mol. The van der Waals surface area contributed by atoms with E-state index in [1.807, 2.05) is 19.1 Å². The highest BCUT2D eigenvalue weighted by Gasteiger charge is 2.23. The Morgan fingerprint density at radius 3 is 3.00 bits per heavy atom. The summed E-state index contributed by atoms with van der Waals surface area (Å²) in [4.78, 5) is 3.27. The number of H-pyrrole nitrogens is 1. The van der Waals surface area contributed by atoms with Gasteiger partial charge >= 0.3 is 0 Å². The summed E-state index contributed by atoms with van der Waals surface area (Å²) in [7, 11) is 0. The topological polar surface area (TPSA) is 29.9 Å². The van der Waals surface area contributed by atoms with E-state index >= 15 is 0 Å². The molecule has 0 amide bonds. The molecule has 1 heterocycles. The second-order valence-electron chi connectivity index (χ2n) is 4.57. The van der Waals surface area contributed by atoms with E-state index in [9.17, 15) is 0 Å². The van der Waals surface area contributed by atoms with Crippen LogP contribution in [0.25, 0.3) is 11.0 Å². The van der Waals surface area contributed by atoms with Gasteiger partial charge in [0.25, 0.3) is 0 Å². The van der Waals surface area contributed by atoms with E-state index in [0.29, 0.717) is 6.61 Å². The number of hydrogen-bond acceptors (Lipinski definition) is 2. The molecule has 0 atom stereocenters. The van der Waals surface area contributed by atoms with Gasteiger partial charge in [0, 0.05) is 6.54 Å². The van der Waals surface area contributed by atoms with E-state index in [1.54, 1.807) is 0 Å². The molecule has 1 aliphatic rings. The van der Waals surface area contributed by atoms with E-state index in [-0.39, 0.29) is 0 Å². The van der Waals surface area contributed by atoms with Crippen LogP contribution in [0.15, 0.2) is 18.2 Å². The zero-order chi connectivity index (χ0) is 11.8. The highest BCUT2D eigenvalue weighted by molar-refractivity contribution is 7.71. The average molecular weight is 248 g/mol. The van der Waals surface area contributed by atoms with Gasteiger partial charge in [0.2, 0.25) is 0 Å². The van der Waals surface area contributed by atoms with Crippen LogP contribution in [0.3, 0.4) is 0 Å². The smallest absolute Gasteiger partial charge is 0.178 e. The third-order valence-corrected chi connectivity index (χ3v) is 3.53. The number of hydrogen-bond donors (Lipinski definition) is 1. The number of para-hydroxylation sites is 1. The lowest BCUT2D eigenvalue weighted by Gasteiger charge is -2.05. The summed E-state index contributed by atoms with van der Waals surface area (Å²) in [6.45, 7) is 3.70. The molecule has 0 radical (unpaired) electrons. The van der Waals surface area contributed by atoms with Crippen molar-refractivity contribution in [2.45, 2.75) is 26.3 Å². The van der Waals surface area contributed by atoms with Gasteiger partial charge in [0.1, 0.15) is 11.3 Å². The zero-order valence-electron chi connectivity index (χ0n) is 9.90. The fraction of sp³-hybridized carbons (Fsp3) is 0.462. The van der Waals surface area contributed by atoms with E-state index in [1.165, 1.54) is 12.8 Å². The maximum absolute atomic E-state index is 5.62. The molecule has 0 bridgehead atoms. The van der Waals surface area contributed by atoms with Crippen LogP contribution in [0.4, 0.5) is 0 Å². The quantitative estimate of drug-likeness (QED) is 0.839. The summed E-state index contributed by atoms with van der Waals surface area (Å²) < 4.78 is 8.62. The molecular weight excluding hydrogens is 232 g/mol. The Balaban J connectivity index is 2.12. The molecule has 2 aromatic rings. The second kappa shape index (κ2) is 4.18. The third kappa shape index (κ3) is 1.97. The summed E-state index contributed by atoms with van der Waals surface area (Å²) in [5.41, 5.74) is 2.19. The van der Waals surface area contributed by atoms with Gasteiger partial charge < -0.3 is 14.3 Å². The number of nitrogens with one attached hydrogen (secondary N) is 1. The van der Waals surface area contributed by atoms with Crippen molar-refractivity contribution in [2.24, 2.45) is 5.92 Å². The first kappa shape index (κ1) is 10.8. The first-order valence-electron chi connectivity index (χ1n) is 6.14. The molecule has 4 heteroatoms. The summed E-state index contributed by atoms with van der Waals surface area (Å²) in [5.74, 6) is 1.71. The lowest BCUT2D eigenvalue weighted by molar-refractivity contribution is 0.343.